The molecule has 0 aliphatic carbocycles. The van der Waals surface area contributed by atoms with Crippen molar-refractivity contribution in [3.8, 4) is 0 Å². The average molecular weight is 345 g/mol. The van der Waals surface area contributed by atoms with Crippen LogP contribution in [0.2, 0.25) is 0 Å². The Labute approximate surface area is 111 Å². The van der Waals surface area contributed by atoms with Gasteiger partial charge in [0.15, 0.2) is 0 Å². The first kappa shape index (κ1) is 11.8. The van der Waals surface area contributed by atoms with Gasteiger partial charge in [-0.1, -0.05) is 31.9 Å². The van der Waals surface area contributed by atoms with Gasteiger partial charge in [-0.2, -0.15) is 0 Å². The summed E-state index contributed by atoms with van der Waals surface area (Å²) in [5.74, 6) is 0.950. The predicted octanol–water partition coefficient (Wildman–Crippen LogP) is 3.22. The van der Waals surface area contributed by atoms with Crippen LogP contribution in [0.5, 0.6) is 0 Å². The van der Waals surface area contributed by atoms with E-state index in [9.17, 15) is 0 Å². The molecule has 2 rings (SSSR count). The van der Waals surface area contributed by atoms with Crippen molar-refractivity contribution in [3.63, 3.8) is 0 Å². The summed E-state index contributed by atoms with van der Waals surface area (Å²) >= 11 is 6.98. The molecule has 1 aromatic heterocycles. The van der Waals surface area contributed by atoms with E-state index in [1.165, 1.54) is 5.56 Å². The molecule has 0 bridgehead atoms. The summed E-state index contributed by atoms with van der Waals surface area (Å²) < 4.78 is 2.20. The van der Waals surface area contributed by atoms with Crippen LogP contribution in [-0.4, -0.2) is 9.97 Å². The van der Waals surface area contributed by atoms with Crippen LogP contribution in [0.1, 0.15) is 11.4 Å². The molecule has 0 saturated heterocycles. The van der Waals surface area contributed by atoms with Crippen LogP contribution in [0.4, 0.5) is 0 Å². The molecule has 5 heteroatoms. The van der Waals surface area contributed by atoms with E-state index in [0.717, 1.165) is 27.9 Å². The SMILES string of the molecule is Brc1ccc(Br)c(CNCc2ncc[nH]2)c1. The first-order valence-electron chi connectivity index (χ1n) is 4.88. The predicted molar refractivity (Wildman–Crippen MR) is 71.0 cm³/mol. The zero-order valence-corrected chi connectivity index (χ0v) is 11.7. The largest absolute Gasteiger partial charge is 0.348 e. The van der Waals surface area contributed by atoms with E-state index in [1.54, 1.807) is 6.20 Å². The molecule has 2 N–H and O–H groups in total. The fraction of sp³-hybridized carbons (Fsp3) is 0.182. The number of rotatable bonds is 4. The Hall–Kier alpha value is -0.650. The van der Waals surface area contributed by atoms with Crippen molar-refractivity contribution in [2.24, 2.45) is 0 Å². The highest BCUT2D eigenvalue weighted by Gasteiger charge is 2.01. The van der Waals surface area contributed by atoms with Crippen LogP contribution < -0.4 is 5.32 Å². The fourth-order valence-electron chi connectivity index (χ4n) is 1.39. The van der Waals surface area contributed by atoms with E-state index in [2.05, 4.69) is 53.2 Å². The van der Waals surface area contributed by atoms with Gasteiger partial charge in [0.25, 0.3) is 0 Å². The Bertz CT molecular complexity index is 454. The van der Waals surface area contributed by atoms with Gasteiger partial charge in [0, 0.05) is 27.9 Å². The lowest BCUT2D eigenvalue weighted by Crippen LogP contribution is -2.14. The summed E-state index contributed by atoms with van der Waals surface area (Å²) in [4.78, 5) is 7.20. The van der Waals surface area contributed by atoms with Gasteiger partial charge in [-0.15, -0.1) is 0 Å². The number of nitrogens with zero attached hydrogens (tertiary/aromatic N) is 1. The van der Waals surface area contributed by atoms with Crippen molar-refractivity contribution in [3.05, 3.63) is 50.9 Å². The Kier molecular flexibility index (Phi) is 4.15. The number of H-pyrrole nitrogens is 1. The zero-order chi connectivity index (χ0) is 11.4. The van der Waals surface area contributed by atoms with Gasteiger partial charge in [-0.3, -0.25) is 0 Å². The number of benzene rings is 1. The number of aromatic nitrogens is 2. The Morgan fingerprint density at radius 3 is 2.88 bits per heavy atom. The van der Waals surface area contributed by atoms with Gasteiger partial charge < -0.3 is 10.3 Å². The fourth-order valence-corrected chi connectivity index (χ4v) is 2.18. The second-order valence-electron chi connectivity index (χ2n) is 3.38. The van der Waals surface area contributed by atoms with Crippen molar-refractivity contribution in [2.45, 2.75) is 13.1 Å². The molecule has 0 atom stereocenters. The van der Waals surface area contributed by atoms with E-state index < -0.39 is 0 Å². The normalized spacial score (nSPS) is 10.6. The number of hydrogen-bond donors (Lipinski definition) is 2. The third-order valence-corrected chi connectivity index (χ3v) is 3.44. The lowest BCUT2D eigenvalue weighted by atomic mass is 10.2. The van der Waals surface area contributed by atoms with Crippen molar-refractivity contribution < 1.29 is 0 Å². The number of halogens is 2. The maximum atomic E-state index is 4.15. The molecule has 2 aromatic rings. The van der Waals surface area contributed by atoms with E-state index in [1.807, 2.05) is 18.3 Å². The molecule has 0 aliphatic rings. The molecule has 0 radical (unpaired) electrons. The highest BCUT2D eigenvalue weighted by atomic mass is 79.9. The monoisotopic (exact) mass is 343 g/mol. The molecule has 0 amide bonds. The van der Waals surface area contributed by atoms with E-state index in [4.69, 9.17) is 0 Å². The molecule has 0 unspecified atom stereocenters. The van der Waals surface area contributed by atoms with E-state index >= 15 is 0 Å². The van der Waals surface area contributed by atoms with Crippen LogP contribution in [0.3, 0.4) is 0 Å². The highest BCUT2D eigenvalue weighted by Crippen LogP contribution is 2.21. The van der Waals surface area contributed by atoms with Crippen LogP contribution in [-0.2, 0) is 13.1 Å². The number of nitrogens with one attached hydrogen (secondary N) is 2. The van der Waals surface area contributed by atoms with Crippen LogP contribution in [0.25, 0.3) is 0 Å². The third kappa shape index (κ3) is 3.17. The molecule has 84 valence electrons. The second kappa shape index (κ2) is 5.61. The van der Waals surface area contributed by atoms with Crippen molar-refractivity contribution in [1.82, 2.24) is 15.3 Å². The summed E-state index contributed by atoms with van der Waals surface area (Å²) in [5.41, 5.74) is 1.22. The standard InChI is InChI=1S/C11H11Br2N3/c12-9-1-2-10(13)8(5-9)6-14-7-11-15-3-4-16-11/h1-5,14H,6-7H2,(H,15,16). The van der Waals surface area contributed by atoms with Gasteiger partial charge in [-0.05, 0) is 23.8 Å². The van der Waals surface area contributed by atoms with Crippen LogP contribution in [0.15, 0.2) is 39.5 Å². The minimum atomic E-state index is 0.742. The summed E-state index contributed by atoms with van der Waals surface area (Å²) in [7, 11) is 0. The minimum absolute atomic E-state index is 0.742. The highest BCUT2D eigenvalue weighted by molar-refractivity contribution is 9.11. The summed E-state index contributed by atoms with van der Waals surface area (Å²) in [6.45, 7) is 1.55. The van der Waals surface area contributed by atoms with Crippen molar-refractivity contribution in [2.75, 3.05) is 0 Å². The van der Waals surface area contributed by atoms with Gasteiger partial charge in [0.2, 0.25) is 0 Å². The second-order valence-corrected chi connectivity index (χ2v) is 5.15. The lowest BCUT2D eigenvalue weighted by molar-refractivity contribution is 0.667. The molecule has 1 aromatic carbocycles. The van der Waals surface area contributed by atoms with E-state index in [-0.39, 0.29) is 0 Å². The summed E-state index contributed by atoms with van der Waals surface area (Å²) in [6.07, 6.45) is 3.58. The van der Waals surface area contributed by atoms with Crippen LogP contribution >= 0.6 is 31.9 Å². The molecule has 0 aliphatic heterocycles. The summed E-state index contributed by atoms with van der Waals surface area (Å²) in [5, 5.41) is 3.33. The first-order chi connectivity index (χ1) is 7.75. The molecular weight excluding hydrogens is 334 g/mol. The Morgan fingerprint density at radius 2 is 2.12 bits per heavy atom. The molecular formula is C11H11Br2N3. The van der Waals surface area contributed by atoms with Gasteiger partial charge in [-0.25, -0.2) is 4.98 Å². The maximum Gasteiger partial charge on any atom is 0.120 e. The molecule has 16 heavy (non-hydrogen) atoms. The van der Waals surface area contributed by atoms with Gasteiger partial charge in [0.1, 0.15) is 5.82 Å². The molecule has 0 saturated carbocycles. The summed E-state index contributed by atoms with van der Waals surface area (Å²) in [6, 6.07) is 6.15. The first-order valence-corrected chi connectivity index (χ1v) is 6.47. The number of aromatic amines is 1. The quantitative estimate of drug-likeness (QED) is 0.894. The molecule has 0 fully saturated rings. The van der Waals surface area contributed by atoms with Crippen molar-refractivity contribution in [1.29, 1.82) is 0 Å². The average Bonchev–Trinajstić information content (AvgIpc) is 2.76. The smallest absolute Gasteiger partial charge is 0.120 e. The lowest BCUT2D eigenvalue weighted by Gasteiger charge is -2.06. The topological polar surface area (TPSA) is 40.7 Å². The number of imidazole rings is 1. The molecule has 1 heterocycles. The van der Waals surface area contributed by atoms with E-state index in [0.29, 0.717) is 0 Å². The third-order valence-electron chi connectivity index (χ3n) is 2.17. The Morgan fingerprint density at radius 1 is 1.25 bits per heavy atom. The number of hydrogen-bond acceptors (Lipinski definition) is 2. The van der Waals surface area contributed by atoms with Gasteiger partial charge in [0.05, 0.1) is 6.54 Å². The molecule has 3 nitrogen and oxygen atoms in total. The minimum Gasteiger partial charge on any atom is -0.348 e. The van der Waals surface area contributed by atoms with Crippen LogP contribution in [0, 0.1) is 0 Å². The maximum absolute atomic E-state index is 4.15. The molecule has 0 spiro atoms. The van der Waals surface area contributed by atoms with Crippen molar-refractivity contribution >= 4 is 31.9 Å². The Balaban J connectivity index is 1.92. The van der Waals surface area contributed by atoms with Gasteiger partial charge >= 0.3 is 0 Å². The zero-order valence-electron chi connectivity index (χ0n) is 8.50.